The zero-order valence-electron chi connectivity index (χ0n) is 20.1. The van der Waals surface area contributed by atoms with E-state index >= 15 is 0 Å². The van der Waals surface area contributed by atoms with Crippen LogP contribution in [0.2, 0.25) is 0 Å². The number of fused-ring (bicyclic) bond motifs is 3. The number of hydrogen-bond acceptors (Lipinski definition) is 3. The van der Waals surface area contributed by atoms with Crippen molar-refractivity contribution in [1.29, 1.82) is 0 Å². The van der Waals surface area contributed by atoms with Crippen LogP contribution in [-0.2, 0) is 0 Å². The molecule has 4 nitrogen and oxygen atoms in total. The van der Waals surface area contributed by atoms with E-state index in [4.69, 9.17) is 4.98 Å². The average molecular weight is 488 g/mol. The van der Waals surface area contributed by atoms with E-state index in [1.807, 2.05) is 50.2 Å². The van der Waals surface area contributed by atoms with Crippen LogP contribution in [0.4, 0.5) is 0 Å². The van der Waals surface area contributed by atoms with Crippen molar-refractivity contribution in [1.82, 2.24) is 14.5 Å². The summed E-state index contributed by atoms with van der Waals surface area (Å²) in [5.74, 6) is 0. The van der Waals surface area contributed by atoms with E-state index < -0.39 is 0 Å². The summed E-state index contributed by atoms with van der Waals surface area (Å²) in [6.07, 6.45) is 0. The SMILES string of the molecule is Cc1ccc(C)c(-n2c(SC(c3ccccc3)c3ccccc3)nc3c([nH]c4ccccc43)c2=O)c1. The van der Waals surface area contributed by atoms with Gasteiger partial charge in [-0.25, -0.2) is 4.98 Å². The van der Waals surface area contributed by atoms with Crippen LogP contribution in [0.25, 0.3) is 27.6 Å². The molecule has 0 unspecified atom stereocenters. The van der Waals surface area contributed by atoms with Crippen LogP contribution in [0.3, 0.4) is 0 Å². The maximum absolute atomic E-state index is 14.1. The van der Waals surface area contributed by atoms with Gasteiger partial charge < -0.3 is 4.98 Å². The summed E-state index contributed by atoms with van der Waals surface area (Å²) in [6.45, 7) is 4.09. The third kappa shape index (κ3) is 3.91. The average Bonchev–Trinajstić information content (AvgIpc) is 3.29. The van der Waals surface area contributed by atoms with Crippen LogP contribution in [0.5, 0.6) is 0 Å². The van der Waals surface area contributed by atoms with Gasteiger partial charge in [0.05, 0.1) is 10.9 Å². The smallest absolute Gasteiger partial charge is 0.283 e. The highest BCUT2D eigenvalue weighted by molar-refractivity contribution is 7.99. The number of para-hydroxylation sites is 1. The van der Waals surface area contributed by atoms with Crippen molar-refractivity contribution in [2.45, 2.75) is 24.3 Å². The standard InChI is InChI=1S/C31H25N3OS/c1-20-17-18-21(2)26(19-20)34-30(35)28-27(24-15-9-10-16-25(24)32-28)33-31(34)36-29(22-11-5-3-6-12-22)23-13-7-4-8-14-23/h3-19,29,32H,1-2H3. The Balaban J connectivity index is 1.65. The highest BCUT2D eigenvalue weighted by atomic mass is 32.2. The fourth-order valence-electron chi connectivity index (χ4n) is 4.68. The predicted molar refractivity (Wildman–Crippen MR) is 149 cm³/mol. The molecule has 4 aromatic carbocycles. The summed E-state index contributed by atoms with van der Waals surface area (Å²) >= 11 is 1.61. The molecular formula is C31H25N3OS. The number of aromatic nitrogens is 3. The second-order valence-electron chi connectivity index (χ2n) is 9.04. The van der Waals surface area contributed by atoms with E-state index in [2.05, 4.69) is 71.7 Å². The number of nitrogens with one attached hydrogen (secondary N) is 1. The Kier molecular flexibility index (Phi) is 5.70. The number of thioether (sulfide) groups is 1. The normalized spacial score (nSPS) is 11.5. The molecular weight excluding hydrogens is 462 g/mol. The molecule has 0 saturated carbocycles. The molecule has 0 spiro atoms. The van der Waals surface area contributed by atoms with Crippen molar-refractivity contribution in [3.05, 3.63) is 136 Å². The summed E-state index contributed by atoms with van der Waals surface area (Å²) in [5, 5.41) is 1.59. The lowest BCUT2D eigenvalue weighted by Crippen LogP contribution is -2.23. The van der Waals surface area contributed by atoms with Crippen LogP contribution in [0.1, 0.15) is 27.5 Å². The minimum atomic E-state index is -0.0905. The Bertz CT molecular complexity index is 1710. The molecule has 5 heteroatoms. The zero-order chi connectivity index (χ0) is 24.6. The van der Waals surface area contributed by atoms with Crippen molar-refractivity contribution < 1.29 is 0 Å². The van der Waals surface area contributed by atoms with Gasteiger partial charge in [0.1, 0.15) is 11.0 Å². The quantitative estimate of drug-likeness (QED) is 0.204. The maximum atomic E-state index is 14.1. The van der Waals surface area contributed by atoms with Crippen molar-refractivity contribution >= 4 is 33.7 Å². The summed E-state index contributed by atoms with van der Waals surface area (Å²) in [4.78, 5) is 22.6. The molecule has 6 rings (SSSR count). The van der Waals surface area contributed by atoms with Crippen LogP contribution in [-0.4, -0.2) is 14.5 Å². The van der Waals surface area contributed by atoms with Gasteiger partial charge in [-0.1, -0.05) is 103 Å². The highest BCUT2D eigenvalue weighted by Crippen LogP contribution is 2.41. The largest absolute Gasteiger partial charge is 0.349 e. The number of benzene rings is 4. The number of rotatable bonds is 5. The van der Waals surface area contributed by atoms with Crippen LogP contribution >= 0.6 is 11.8 Å². The lowest BCUT2D eigenvalue weighted by atomic mass is 10.0. The molecule has 2 heterocycles. The Hall–Kier alpha value is -4.09. The summed E-state index contributed by atoms with van der Waals surface area (Å²) in [6, 6.07) is 35.0. The third-order valence-electron chi connectivity index (χ3n) is 6.53. The fraction of sp³-hybridized carbons (Fsp3) is 0.0968. The summed E-state index contributed by atoms with van der Waals surface area (Å²) in [7, 11) is 0. The summed E-state index contributed by atoms with van der Waals surface area (Å²) < 4.78 is 1.78. The molecule has 0 amide bonds. The first kappa shape index (κ1) is 22.4. The number of nitrogens with zero attached hydrogens (tertiary/aromatic N) is 2. The van der Waals surface area contributed by atoms with Gasteiger partial charge in [0.25, 0.3) is 5.56 Å². The molecule has 0 aliphatic carbocycles. The van der Waals surface area contributed by atoms with Gasteiger partial charge in [0.15, 0.2) is 5.16 Å². The lowest BCUT2D eigenvalue weighted by Gasteiger charge is -2.21. The van der Waals surface area contributed by atoms with E-state index in [9.17, 15) is 4.79 Å². The minimum absolute atomic E-state index is 0.0293. The Labute approximate surface area is 213 Å². The molecule has 2 aromatic heterocycles. The molecule has 6 aromatic rings. The first-order chi connectivity index (χ1) is 17.6. The predicted octanol–water partition coefficient (Wildman–Crippen LogP) is 7.37. The minimum Gasteiger partial charge on any atom is -0.349 e. The zero-order valence-corrected chi connectivity index (χ0v) is 20.9. The Morgan fingerprint density at radius 2 is 1.44 bits per heavy atom. The van der Waals surface area contributed by atoms with Crippen molar-refractivity contribution in [3.8, 4) is 5.69 Å². The first-order valence-electron chi connectivity index (χ1n) is 12.0. The van der Waals surface area contributed by atoms with E-state index in [0.717, 1.165) is 38.8 Å². The van der Waals surface area contributed by atoms with E-state index in [-0.39, 0.29) is 10.8 Å². The Morgan fingerprint density at radius 3 is 2.14 bits per heavy atom. The third-order valence-corrected chi connectivity index (χ3v) is 7.79. The molecule has 176 valence electrons. The monoisotopic (exact) mass is 487 g/mol. The maximum Gasteiger partial charge on any atom is 0.283 e. The topological polar surface area (TPSA) is 50.7 Å². The van der Waals surface area contributed by atoms with Gasteiger partial charge in [-0.2, -0.15) is 0 Å². The molecule has 0 fully saturated rings. The second-order valence-corrected chi connectivity index (χ2v) is 10.1. The van der Waals surface area contributed by atoms with E-state index in [1.165, 1.54) is 0 Å². The van der Waals surface area contributed by atoms with Crippen molar-refractivity contribution in [3.63, 3.8) is 0 Å². The van der Waals surface area contributed by atoms with Gasteiger partial charge in [0.2, 0.25) is 0 Å². The molecule has 0 saturated heterocycles. The lowest BCUT2D eigenvalue weighted by molar-refractivity contribution is 0.810. The fourth-order valence-corrected chi connectivity index (χ4v) is 5.91. The highest BCUT2D eigenvalue weighted by Gasteiger charge is 2.23. The Morgan fingerprint density at radius 1 is 0.806 bits per heavy atom. The van der Waals surface area contributed by atoms with Crippen LogP contribution < -0.4 is 5.56 Å². The van der Waals surface area contributed by atoms with Gasteiger partial charge in [-0.3, -0.25) is 9.36 Å². The molecule has 1 N–H and O–H groups in total. The van der Waals surface area contributed by atoms with E-state index in [0.29, 0.717) is 16.2 Å². The molecule has 0 aliphatic rings. The summed E-state index contributed by atoms with van der Waals surface area (Å²) in [5.41, 5.74) is 7.36. The van der Waals surface area contributed by atoms with Gasteiger partial charge in [-0.15, -0.1) is 0 Å². The number of H-pyrrole nitrogens is 1. The van der Waals surface area contributed by atoms with Crippen molar-refractivity contribution in [2.75, 3.05) is 0 Å². The second kappa shape index (κ2) is 9.17. The van der Waals surface area contributed by atoms with Crippen LogP contribution in [0.15, 0.2) is 113 Å². The molecule has 36 heavy (non-hydrogen) atoms. The van der Waals surface area contributed by atoms with E-state index in [1.54, 1.807) is 16.3 Å². The van der Waals surface area contributed by atoms with Gasteiger partial charge >= 0.3 is 0 Å². The number of aromatic amines is 1. The van der Waals surface area contributed by atoms with Gasteiger partial charge in [0, 0.05) is 10.9 Å². The molecule has 0 radical (unpaired) electrons. The van der Waals surface area contributed by atoms with Gasteiger partial charge in [-0.05, 0) is 48.2 Å². The molecule has 0 aliphatic heterocycles. The number of aryl methyl sites for hydroxylation is 2. The first-order valence-corrected chi connectivity index (χ1v) is 12.9. The van der Waals surface area contributed by atoms with Crippen LogP contribution in [0, 0.1) is 13.8 Å². The molecule has 0 bridgehead atoms. The molecule has 0 atom stereocenters. The number of hydrogen-bond donors (Lipinski definition) is 1. The van der Waals surface area contributed by atoms with Crippen molar-refractivity contribution in [2.24, 2.45) is 0 Å².